The van der Waals surface area contributed by atoms with Crippen LogP contribution in [0.1, 0.15) is 68.3 Å². The third-order valence-electron chi connectivity index (χ3n) is 5.90. The summed E-state index contributed by atoms with van der Waals surface area (Å²) in [7, 11) is 0. The Hall–Kier alpha value is -1.39. The molecular weight excluding hydrogens is 312 g/mol. The van der Waals surface area contributed by atoms with E-state index in [9.17, 15) is 9.90 Å². The van der Waals surface area contributed by atoms with E-state index in [1.165, 1.54) is 38.8 Å². The van der Waals surface area contributed by atoms with Crippen LogP contribution < -0.4 is 5.32 Å². The molecule has 3 rings (SSSR count). The molecule has 0 spiro atoms. The Bertz CT molecular complexity index is 596. The van der Waals surface area contributed by atoms with Crippen LogP contribution in [0.25, 0.3) is 0 Å². The summed E-state index contributed by atoms with van der Waals surface area (Å²) in [4.78, 5) is 15.1. The van der Waals surface area contributed by atoms with Crippen molar-refractivity contribution < 1.29 is 9.90 Å². The maximum absolute atomic E-state index is 12.5. The maximum Gasteiger partial charge on any atom is 0.251 e. The molecule has 4 nitrogen and oxygen atoms in total. The van der Waals surface area contributed by atoms with Crippen molar-refractivity contribution in [2.45, 2.75) is 69.9 Å². The molecule has 1 amide bonds. The number of aliphatic hydroxyl groups is 1. The molecule has 0 bridgehead atoms. The van der Waals surface area contributed by atoms with Crippen LogP contribution in [0.4, 0.5) is 0 Å². The number of fused-ring (bicyclic) bond motifs is 1. The Morgan fingerprint density at radius 2 is 2.00 bits per heavy atom. The molecule has 2 saturated heterocycles. The summed E-state index contributed by atoms with van der Waals surface area (Å²) in [5.41, 5.74) is 1.51. The highest BCUT2D eigenvalue weighted by atomic mass is 16.3. The van der Waals surface area contributed by atoms with E-state index in [0.29, 0.717) is 12.0 Å². The van der Waals surface area contributed by atoms with Gasteiger partial charge in [0, 0.05) is 17.6 Å². The number of hydrogen-bond acceptors (Lipinski definition) is 3. The van der Waals surface area contributed by atoms with E-state index in [1.54, 1.807) is 0 Å². The lowest BCUT2D eigenvalue weighted by atomic mass is 9.90. The zero-order valence-electron chi connectivity index (χ0n) is 15.7. The summed E-state index contributed by atoms with van der Waals surface area (Å²) in [6.07, 6.45) is 7.72. The largest absolute Gasteiger partial charge is 0.390 e. The Labute approximate surface area is 151 Å². The lowest BCUT2D eigenvalue weighted by Crippen LogP contribution is -2.41. The number of aryl methyl sites for hydroxylation is 1. The maximum atomic E-state index is 12.5. The van der Waals surface area contributed by atoms with Crippen LogP contribution in [0.2, 0.25) is 0 Å². The molecule has 0 radical (unpaired) electrons. The van der Waals surface area contributed by atoms with E-state index in [-0.39, 0.29) is 5.91 Å². The lowest BCUT2D eigenvalue weighted by molar-refractivity contribution is 0.0714. The van der Waals surface area contributed by atoms with Crippen LogP contribution in [0.15, 0.2) is 24.3 Å². The average molecular weight is 344 g/mol. The summed E-state index contributed by atoms with van der Waals surface area (Å²) in [5.74, 6) is 0.0176. The number of amides is 1. The van der Waals surface area contributed by atoms with Gasteiger partial charge in [-0.25, -0.2) is 0 Å². The molecule has 2 fully saturated rings. The fraction of sp³-hybridized carbons (Fsp3) is 0.667. The quantitative estimate of drug-likeness (QED) is 0.799. The molecule has 0 unspecified atom stereocenters. The molecular formula is C21H32N2O2. The van der Waals surface area contributed by atoms with Crippen molar-refractivity contribution in [3.05, 3.63) is 35.4 Å². The van der Waals surface area contributed by atoms with Gasteiger partial charge in [-0.2, -0.15) is 0 Å². The third kappa shape index (κ3) is 4.62. The number of carbonyl (C=O) groups excluding carboxylic acids is 1. The molecule has 2 aliphatic rings. The van der Waals surface area contributed by atoms with Crippen LogP contribution >= 0.6 is 0 Å². The number of rotatable bonds is 7. The standard InChI is InChI=1S/C21H32N2O2/c1-20(2,25)11-8-17-6-3-7-18(16-17)19(24)22-13-12-21-9-4-14-23(21)15-5-10-21/h3,6-7,16,25H,4-5,8-15H2,1-2H3,(H,22,24). The van der Waals surface area contributed by atoms with Crippen LogP contribution in [-0.4, -0.2) is 46.7 Å². The molecule has 1 aromatic carbocycles. The molecule has 0 saturated carbocycles. The summed E-state index contributed by atoms with van der Waals surface area (Å²) in [5, 5.41) is 13.0. The van der Waals surface area contributed by atoms with Gasteiger partial charge in [0.2, 0.25) is 0 Å². The zero-order valence-corrected chi connectivity index (χ0v) is 15.7. The van der Waals surface area contributed by atoms with E-state index < -0.39 is 5.60 Å². The summed E-state index contributed by atoms with van der Waals surface area (Å²) < 4.78 is 0. The minimum atomic E-state index is -0.675. The second-order valence-electron chi connectivity index (χ2n) is 8.44. The van der Waals surface area contributed by atoms with Crippen LogP contribution in [0.3, 0.4) is 0 Å². The summed E-state index contributed by atoms with van der Waals surface area (Å²) in [6.45, 7) is 6.86. The number of hydrogen-bond donors (Lipinski definition) is 2. The van der Waals surface area contributed by atoms with E-state index in [4.69, 9.17) is 0 Å². The monoisotopic (exact) mass is 344 g/mol. The number of nitrogens with one attached hydrogen (secondary N) is 1. The number of nitrogens with zero attached hydrogens (tertiary/aromatic N) is 1. The van der Waals surface area contributed by atoms with Gasteiger partial charge < -0.3 is 10.4 Å². The van der Waals surface area contributed by atoms with Crippen LogP contribution in [0, 0.1) is 0 Å². The van der Waals surface area contributed by atoms with Gasteiger partial charge in [0.1, 0.15) is 0 Å². The molecule has 0 aliphatic carbocycles. The van der Waals surface area contributed by atoms with Gasteiger partial charge in [-0.1, -0.05) is 12.1 Å². The van der Waals surface area contributed by atoms with Crippen molar-refractivity contribution in [1.29, 1.82) is 0 Å². The average Bonchev–Trinajstić information content (AvgIpc) is 3.12. The Balaban J connectivity index is 1.51. The van der Waals surface area contributed by atoms with Gasteiger partial charge in [0.15, 0.2) is 0 Å². The highest BCUT2D eigenvalue weighted by Gasteiger charge is 2.43. The van der Waals surface area contributed by atoms with Gasteiger partial charge in [0.25, 0.3) is 5.91 Å². The van der Waals surface area contributed by atoms with E-state index in [2.05, 4.69) is 10.2 Å². The third-order valence-corrected chi connectivity index (χ3v) is 5.90. The van der Waals surface area contributed by atoms with Crippen molar-refractivity contribution in [2.24, 2.45) is 0 Å². The van der Waals surface area contributed by atoms with Crippen molar-refractivity contribution in [3.63, 3.8) is 0 Å². The van der Waals surface area contributed by atoms with Gasteiger partial charge in [-0.05, 0) is 89.6 Å². The van der Waals surface area contributed by atoms with Crippen molar-refractivity contribution >= 4 is 5.91 Å². The van der Waals surface area contributed by atoms with E-state index >= 15 is 0 Å². The molecule has 138 valence electrons. The Morgan fingerprint density at radius 3 is 2.68 bits per heavy atom. The molecule has 1 aromatic rings. The first-order valence-corrected chi connectivity index (χ1v) is 9.73. The first-order valence-electron chi connectivity index (χ1n) is 9.73. The lowest BCUT2D eigenvalue weighted by Gasteiger charge is -2.32. The zero-order chi connectivity index (χ0) is 17.9. The van der Waals surface area contributed by atoms with E-state index in [1.807, 2.05) is 38.1 Å². The topological polar surface area (TPSA) is 52.6 Å². The molecule has 2 N–H and O–H groups in total. The smallest absolute Gasteiger partial charge is 0.251 e. The molecule has 25 heavy (non-hydrogen) atoms. The first kappa shape index (κ1) is 18.4. The minimum absolute atomic E-state index is 0.0176. The molecule has 2 aliphatic heterocycles. The fourth-order valence-electron chi connectivity index (χ4n) is 4.46. The molecule has 0 atom stereocenters. The normalized spacial score (nSPS) is 19.8. The fourth-order valence-corrected chi connectivity index (χ4v) is 4.46. The molecule has 2 heterocycles. The van der Waals surface area contributed by atoms with Crippen molar-refractivity contribution in [3.8, 4) is 0 Å². The van der Waals surface area contributed by atoms with Crippen LogP contribution in [0.5, 0.6) is 0 Å². The predicted molar refractivity (Wildman–Crippen MR) is 101 cm³/mol. The van der Waals surface area contributed by atoms with Crippen molar-refractivity contribution in [1.82, 2.24) is 10.2 Å². The number of carbonyl (C=O) groups is 1. The Morgan fingerprint density at radius 1 is 1.28 bits per heavy atom. The number of benzene rings is 1. The molecule has 4 heteroatoms. The Kier molecular flexibility index (Phi) is 5.49. The second kappa shape index (κ2) is 7.46. The van der Waals surface area contributed by atoms with Gasteiger partial charge in [-0.3, -0.25) is 9.69 Å². The second-order valence-corrected chi connectivity index (χ2v) is 8.44. The summed E-state index contributed by atoms with van der Waals surface area (Å²) >= 11 is 0. The highest BCUT2D eigenvalue weighted by molar-refractivity contribution is 5.94. The molecule has 0 aromatic heterocycles. The highest BCUT2D eigenvalue weighted by Crippen LogP contribution is 2.40. The predicted octanol–water partition coefficient (Wildman–Crippen LogP) is 3.14. The van der Waals surface area contributed by atoms with Crippen molar-refractivity contribution in [2.75, 3.05) is 19.6 Å². The SMILES string of the molecule is CC(C)(O)CCc1cccc(C(=O)NCCC23CCCN2CCC3)c1. The minimum Gasteiger partial charge on any atom is -0.390 e. The first-order chi connectivity index (χ1) is 11.9. The van der Waals surface area contributed by atoms with E-state index in [0.717, 1.165) is 30.5 Å². The van der Waals surface area contributed by atoms with Gasteiger partial charge >= 0.3 is 0 Å². The van der Waals surface area contributed by atoms with Crippen LogP contribution in [-0.2, 0) is 6.42 Å². The van der Waals surface area contributed by atoms with Gasteiger partial charge in [0.05, 0.1) is 5.60 Å². The van der Waals surface area contributed by atoms with Gasteiger partial charge in [-0.15, -0.1) is 0 Å². The summed E-state index contributed by atoms with van der Waals surface area (Å²) in [6, 6.07) is 7.79.